The molecule has 98 valence electrons. The molecule has 0 spiro atoms. The number of aryl methyl sites for hydroxylation is 3. The summed E-state index contributed by atoms with van der Waals surface area (Å²) in [5.74, 6) is 0.198. The molecule has 0 fully saturated rings. The molecule has 0 amide bonds. The lowest BCUT2D eigenvalue weighted by atomic mass is 9.93. The quantitative estimate of drug-likeness (QED) is 0.712. The Balaban J connectivity index is 2.46. The summed E-state index contributed by atoms with van der Waals surface area (Å²) in [6.45, 7) is 8.29. The molecule has 2 aromatic carbocycles. The SMILES string of the molecule is CCC(=O)c1ccc(-c2c(C)cc(C)cc2C)cc1. The van der Waals surface area contributed by atoms with Gasteiger partial charge in [0.05, 0.1) is 0 Å². The molecule has 0 aliphatic heterocycles. The van der Waals surface area contributed by atoms with Crippen molar-refractivity contribution in [3.8, 4) is 11.1 Å². The summed E-state index contributed by atoms with van der Waals surface area (Å²) in [6, 6.07) is 12.4. The van der Waals surface area contributed by atoms with Crippen LogP contribution in [0.25, 0.3) is 11.1 Å². The fourth-order valence-corrected chi connectivity index (χ4v) is 2.66. The first kappa shape index (κ1) is 13.5. The van der Waals surface area contributed by atoms with Gasteiger partial charge in [0.25, 0.3) is 0 Å². The highest BCUT2D eigenvalue weighted by Crippen LogP contribution is 2.28. The van der Waals surface area contributed by atoms with Crippen LogP contribution in [0.4, 0.5) is 0 Å². The molecule has 0 aliphatic carbocycles. The number of carbonyl (C=O) groups excluding carboxylic acids is 1. The number of hydrogen-bond donors (Lipinski definition) is 0. The topological polar surface area (TPSA) is 17.1 Å². The van der Waals surface area contributed by atoms with Crippen LogP contribution in [0, 0.1) is 20.8 Å². The lowest BCUT2D eigenvalue weighted by molar-refractivity contribution is 0.0988. The Morgan fingerprint density at radius 3 is 1.95 bits per heavy atom. The Morgan fingerprint density at radius 2 is 1.47 bits per heavy atom. The standard InChI is InChI=1S/C18H20O/c1-5-17(19)15-6-8-16(9-7-15)18-13(3)10-12(2)11-14(18)4/h6-11H,5H2,1-4H3. The molecular weight excluding hydrogens is 232 g/mol. The number of benzene rings is 2. The molecule has 0 unspecified atom stereocenters. The molecule has 0 saturated carbocycles. The van der Waals surface area contributed by atoms with Crippen molar-refractivity contribution < 1.29 is 4.79 Å². The number of Topliss-reactive ketones (excluding diaryl/α,β-unsaturated/α-hetero) is 1. The highest BCUT2D eigenvalue weighted by atomic mass is 16.1. The van der Waals surface area contributed by atoms with Gasteiger partial charge in [-0.1, -0.05) is 48.9 Å². The Kier molecular flexibility index (Phi) is 3.84. The zero-order valence-electron chi connectivity index (χ0n) is 12.1. The molecule has 1 heteroatoms. The van der Waals surface area contributed by atoms with E-state index in [0.717, 1.165) is 5.56 Å². The lowest BCUT2D eigenvalue weighted by Gasteiger charge is -2.12. The van der Waals surface area contributed by atoms with Gasteiger partial charge in [0.1, 0.15) is 0 Å². The fourth-order valence-electron chi connectivity index (χ4n) is 2.66. The smallest absolute Gasteiger partial charge is 0.162 e. The minimum absolute atomic E-state index is 0.198. The normalized spacial score (nSPS) is 10.5. The van der Waals surface area contributed by atoms with E-state index in [1.807, 2.05) is 31.2 Å². The van der Waals surface area contributed by atoms with Gasteiger partial charge in [-0.05, 0) is 43.0 Å². The van der Waals surface area contributed by atoms with Crippen molar-refractivity contribution >= 4 is 5.78 Å². The van der Waals surface area contributed by atoms with E-state index in [1.54, 1.807) is 0 Å². The molecule has 0 radical (unpaired) electrons. The molecule has 0 saturated heterocycles. The molecule has 0 aliphatic rings. The van der Waals surface area contributed by atoms with E-state index in [4.69, 9.17) is 0 Å². The van der Waals surface area contributed by atoms with E-state index in [9.17, 15) is 4.79 Å². The van der Waals surface area contributed by atoms with Gasteiger partial charge in [-0.25, -0.2) is 0 Å². The number of hydrogen-bond acceptors (Lipinski definition) is 1. The van der Waals surface area contributed by atoms with Crippen LogP contribution in [0.15, 0.2) is 36.4 Å². The maximum Gasteiger partial charge on any atom is 0.162 e. The van der Waals surface area contributed by atoms with Gasteiger partial charge in [-0.3, -0.25) is 4.79 Å². The molecule has 0 atom stereocenters. The first-order valence-electron chi connectivity index (χ1n) is 6.74. The fraction of sp³-hybridized carbons (Fsp3) is 0.278. The third kappa shape index (κ3) is 2.76. The van der Waals surface area contributed by atoms with Crippen LogP contribution < -0.4 is 0 Å². The highest BCUT2D eigenvalue weighted by molar-refractivity contribution is 5.96. The second-order valence-electron chi connectivity index (χ2n) is 5.13. The van der Waals surface area contributed by atoms with E-state index < -0.39 is 0 Å². The first-order valence-corrected chi connectivity index (χ1v) is 6.74. The van der Waals surface area contributed by atoms with Crippen molar-refractivity contribution in [2.24, 2.45) is 0 Å². The predicted octanol–water partition coefficient (Wildman–Crippen LogP) is 4.87. The zero-order chi connectivity index (χ0) is 14.0. The van der Waals surface area contributed by atoms with E-state index in [2.05, 4.69) is 32.9 Å². The van der Waals surface area contributed by atoms with Crippen LogP contribution in [0.1, 0.15) is 40.4 Å². The van der Waals surface area contributed by atoms with E-state index >= 15 is 0 Å². The number of ketones is 1. The zero-order valence-corrected chi connectivity index (χ0v) is 12.1. The minimum atomic E-state index is 0.198. The average Bonchev–Trinajstić information content (AvgIpc) is 2.37. The highest BCUT2D eigenvalue weighted by Gasteiger charge is 2.08. The third-order valence-electron chi connectivity index (χ3n) is 3.49. The van der Waals surface area contributed by atoms with Gasteiger partial charge >= 0.3 is 0 Å². The monoisotopic (exact) mass is 252 g/mol. The second-order valence-corrected chi connectivity index (χ2v) is 5.13. The van der Waals surface area contributed by atoms with Crippen LogP contribution in [0.2, 0.25) is 0 Å². The van der Waals surface area contributed by atoms with Crippen molar-refractivity contribution in [2.75, 3.05) is 0 Å². The van der Waals surface area contributed by atoms with Crippen molar-refractivity contribution in [2.45, 2.75) is 34.1 Å². The maximum atomic E-state index is 11.6. The lowest BCUT2D eigenvalue weighted by Crippen LogP contribution is -1.96. The minimum Gasteiger partial charge on any atom is -0.294 e. The Morgan fingerprint density at radius 1 is 0.947 bits per heavy atom. The van der Waals surface area contributed by atoms with Gasteiger partial charge < -0.3 is 0 Å². The van der Waals surface area contributed by atoms with Crippen LogP contribution in [0.5, 0.6) is 0 Å². The van der Waals surface area contributed by atoms with Crippen LogP contribution in [-0.4, -0.2) is 5.78 Å². The van der Waals surface area contributed by atoms with Crippen LogP contribution >= 0.6 is 0 Å². The molecule has 1 nitrogen and oxygen atoms in total. The summed E-state index contributed by atoms with van der Waals surface area (Å²) in [5, 5.41) is 0. The number of rotatable bonds is 3. The van der Waals surface area contributed by atoms with Crippen molar-refractivity contribution in [1.29, 1.82) is 0 Å². The van der Waals surface area contributed by atoms with Gasteiger partial charge in [0, 0.05) is 12.0 Å². The summed E-state index contributed by atoms with van der Waals surface area (Å²) in [7, 11) is 0. The molecule has 0 aromatic heterocycles. The number of carbonyl (C=O) groups is 1. The molecule has 0 bridgehead atoms. The van der Waals surface area contributed by atoms with Gasteiger partial charge in [0.15, 0.2) is 5.78 Å². The van der Waals surface area contributed by atoms with Gasteiger partial charge in [-0.15, -0.1) is 0 Å². The molecule has 0 heterocycles. The van der Waals surface area contributed by atoms with Crippen LogP contribution in [-0.2, 0) is 0 Å². The van der Waals surface area contributed by atoms with E-state index in [-0.39, 0.29) is 5.78 Å². The largest absolute Gasteiger partial charge is 0.294 e. The molecule has 19 heavy (non-hydrogen) atoms. The maximum absolute atomic E-state index is 11.6. The Bertz CT molecular complexity index is 583. The molecule has 2 aromatic rings. The van der Waals surface area contributed by atoms with Crippen molar-refractivity contribution in [1.82, 2.24) is 0 Å². The van der Waals surface area contributed by atoms with Crippen molar-refractivity contribution in [3.05, 3.63) is 58.7 Å². The summed E-state index contributed by atoms with van der Waals surface area (Å²) in [4.78, 5) is 11.6. The van der Waals surface area contributed by atoms with E-state index in [1.165, 1.54) is 27.8 Å². The second kappa shape index (κ2) is 5.40. The molecule has 2 rings (SSSR count). The Hall–Kier alpha value is -1.89. The van der Waals surface area contributed by atoms with Crippen molar-refractivity contribution in [3.63, 3.8) is 0 Å². The predicted molar refractivity (Wildman–Crippen MR) is 80.7 cm³/mol. The van der Waals surface area contributed by atoms with Gasteiger partial charge in [0.2, 0.25) is 0 Å². The van der Waals surface area contributed by atoms with Gasteiger partial charge in [-0.2, -0.15) is 0 Å². The summed E-state index contributed by atoms with van der Waals surface area (Å²) in [5.41, 5.74) is 7.12. The first-order chi connectivity index (χ1) is 9.02. The third-order valence-corrected chi connectivity index (χ3v) is 3.49. The van der Waals surface area contributed by atoms with E-state index in [0.29, 0.717) is 6.42 Å². The van der Waals surface area contributed by atoms with Crippen LogP contribution in [0.3, 0.4) is 0 Å². The summed E-state index contributed by atoms with van der Waals surface area (Å²) < 4.78 is 0. The molecular formula is C18H20O. The summed E-state index contributed by atoms with van der Waals surface area (Å²) >= 11 is 0. The average molecular weight is 252 g/mol. The summed E-state index contributed by atoms with van der Waals surface area (Å²) in [6.07, 6.45) is 0.557. The molecule has 0 N–H and O–H groups in total. The Labute approximate surface area is 115 Å².